The number of carbonyl (C=O) groups is 3. The summed E-state index contributed by atoms with van der Waals surface area (Å²) in [6, 6.07) is 0. The molecule has 1 atom stereocenters. The number of hydrogen-bond acceptors (Lipinski definition) is 6. The molecule has 0 spiro atoms. The van der Waals surface area contributed by atoms with Crippen molar-refractivity contribution in [1.82, 2.24) is 0 Å². The largest absolute Gasteiger partial charge is 0.462 e. The van der Waals surface area contributed by atoms with Gasteiger partial charge in [0.1, 0.15) is 13.2 Å². The summed E-state index contributed by atoms with van der Waals surface area (Å²) in [6.07, 6.45) is 46.5. The Balaban J connectivity index is 4.30. The van der Waals surface area contributed by atoms with E-state index >= 15 is 0 Å². The van der Waals surface area contributed by atoms with Crippen molar-refractivity contribution >= 4 is 17.9 Å². The zero-order valence-corrected chi connectivity index (χ0v) is 37.2. The zero-order chi connectivity index (χ0) is 40.1. The van der Waals surface area contributed by atoms with Gasteiger partial charge in [0, 0.05) is 19.3 Å². The number of hydrogen-bond donors (Lipinski definition) is 0. The number of esters is 3. The molecule has 0 aromatic heterocycles. The summed E-state index contributed by atoms with van der Waals surface area (Å²) in [7, 11) is 0. The maximum Gasteiger partial charge on any atom is 0.306 e. The Morgan fingerprint density at radius 1 is 0.291 bits per heavy atom. The molecule has 0 N–H and O–H groups in total. The predicted octanol–water partition coefficient (Wildman–Crippen LogP) is 15.6. The van der Waals surface area contributed by atoms with Crippen molar-refractivity contribution in [2.75, 3.05) is 13.2 Å². The molecule has 0 rings (SSSR count). The summed E-state index contributed by atoms with van der Waals surface area (Å²) in [5.41, 5.74) is 0. The Hall–Kier alpha value is -1.59. The van der Waals surface area contributed by atoms with Crippen LogP contribution in [0.3, 0.4) is 0 Å². The van der Waals surface area contributed by atoms with E-state index in [9.17, 15) is 14.4 Å². The first-order valence-electron chi connectivity index (χ1n) is 24.5. The highest BCUT2D eigenvalue weighted by Crippen LogP contribution is 2.16. The molecule has 0 heterocycles. The highest BCUT2D eigenvalue weighted by molar-refractivity contribution is 5.71. The Kier molecular flexibility index (Phi) is 43.8. The molecular formula is C49H94O6. The standard InChI is InChI=1S/C49H94O6/c1-4-7-10-13-16-19-22-24-25-28-30-33-36-39-42-48(51)54-45-46(55-49(52)43-40-37-34-31-26-21-18-15-12-9-6-3)44-53-47(50)41-38-35-32-29-27-23-20-17-14-11-8-5-2/h46H,4-45H2,1-3H3/t46-/m1/s1. The Bertz CT molecular complexity index is 813. The van der Waals surface area contributed by atoms with Crippen molar-refractivity contribution < 1.29 is 28.6 Å². The molecule has 0 aliphatic rings. The normalized spacial score (nSPS) is 11.8. The molecule has 0 saturated heterocycles. The average molecular weight is 779 g/mol. The average Bonchev–Trinajstić information content (AvgIpc) is 3.18. The summed E-state index contributed by atoms with van der Waals surface area (Å²) in [4.78, 5) is 37.8. The molecule has 326 valence electrons. The molecule has 0 radical (unpaired) electrons. The van der Waals surface area contributed by atoms with Crippen LogP contribution in [0.25, 0.3) is 0 Å². The van der Waals surface area contributed by atoms with Crippen molar-refractivity contribution in [3.63, 3.8) is 0 Å². The molecule has 0 bridgehead atoms. The molecule has 6 nitrogen and oxygen atoms in total. The first-order valence-corrected chi connectivity index (χ1v) is 24.5. The first-order chi connectivity index (χ1) is 27.0. The van der Waals surface area contributed by atoms with E-state index in [-0.39, 0.29) is 31.1 Å². The highest BCUT2D eigenvalue weighted by Gasteiger charge is 2.19. The molecular weight excluding hydrogens is 685 g/mol. The van der Waals surface area contributed by atoms with Gasteiger partial charge in [-0.1, -0.05) is 239 Å². The lowest BCUT2D eigenvalue weighted by molar-refractivity contribution is -0.167. The summed E-state index contributed by atoms with van der Waals surface area (Å²) < 4.78 is 16.8. The van der Waals surface area contributed by atoms with Gasteiger partial charge < -0.3 is 14.2 Å². The van der Waals surface area contributed by atoms with Gasteiger partial charge in [0.2, 0.25) is 0 Å². The Morgan fingerprint density at radius 3 is 0.727 bits per heavy atom. The van der Waals surface area contributed by atoms with Gasteiger partial charge in [-0.2, -0.15) is 0 Å². The summed E-state index contributed by atoms with van der Waals surface area (Å²) in [6.45, 7) is 6.66. The van der Waals surface area contributed by atoms with Gasteiger partial charge in [0.05, 0.1) is 0 Å². The molecule has 6 heteroatoms. The second-order valence-electron chi connectivity index (χ2n) is 16.7. The summed E-state index contributed by atoms with van der Waals surface area (Å²) in [5, 5.41) is 0. The molecule has 0 saturated carbocycles. The molecule has 0 aromatic rings. The fourth-order valence-electron chi connectivity index (χ4n) is 7.38. The smallest absolute Gasteiger partial charge is 0.306 e. The fraction of sp³-hybridized carbons (Fsp3) is 0.939. The van der Waals surface area contributed by atoms with Crippen LogP contribution in [0.4, 0.5) is 0 Å². The minimum Gasteiger partial charge on any atom is -0.462 e. The Morgan fingerprint density at radius 2 is 0.491 bits per heavy atom. The SMILES string of the molecule is CCCCCCCCCCCCCCCCC(=O)OC[C@@H](COC(=O)CCCCCCCCCCCCCC)OC(=O)CCCCCCCCCCCCC. The minimum atomic E-state index is -0.758. The van der Waals surface area contributed by atoms with E-state index < -0.39 is 6.10 Å². The van der Waals surface area contributed by atoms with Crippen molar-refractivity contribution in [1.29, 1.82) is 0 Å². The lowest BCUT2D eigenvalue weighted by Gasteiger charge is -2.18. The molecule has 0 aromatic carbocycles. The molecule has 55 heavy (non-hydrogen) atoms. The van der Waals surface area contributed by atoms with Crippen molar-refractivity contribution in [2.45, 2.75) is 284 Å². The van der Waals surface area contributed by atoms with E-state index in [0.29, 0.717) is 19.3 Å². The third-order valence-electron chi connectivity index (χ3n) is 11.1. The number of ether oxygens (including phenoxy) is 3. The highest BCUT2D eigenvalue weighted by atomic mass is 16.6. The number of carbonyl (C=O) groups excluding carboxylic acids is 3. The maximum atomic E-state index is 12.7. The van der Waals surface area contributed by atoms with Crippen LogP contribution >= 0.6 is 0 Å². The predicted molar refractivity (Wildman–Crippen MR) is 233 cm³/mol. The van der Waals surface area contributed by atoms with Gasteiger partial charge in [-0.3, -0.25) is 14.4 Å². The fourth-order valence-corrected chi connectivity index (χ4v) is 7.38. The Labute approximate surface area is 342 Å². The molecule has 0 fully saturated rings. The van der Waals surface area contributed by atoms with Crippen LogP contribution in [0.2, 0.25) is 0 Å². The van der Waals surface area contributed by atoms with Crippen molar-refractivity contribution in [3.8, 4) is 0 Å². The third-order valence-corrected chi connectivity index (χ3v) is 11.1. The second-order valence-corrected chi connectivity index (χ2v) is 16.7. The van der Waals surface area contributed by atoms with Gasteiger partial charge in [-0.25, -0.2) is 0 Å². The third kappa shape index (κ3) is 43.4. The van der Waals surface area contributed by atoms with Gasteiger partial charge in [-0.15, -0.1) is 0 Å². The van der Waals surface area contributed by atoms with Crippen LogP contribution < -0.4 is 0 Å². The molecule has 0 aliphatic heterocycles. The van der Waals surface area contributed by atoms with E-state index in [0.717, 1.165) is 57.8 Å². The second kappa shape index (κ2) is 45.1. The van der Waals surface area contributed by atoms with Gasteiger partial charge in [-0.05, 0) is 19.3 Å². The van der Waals surface area contributed by atoms with E-state index in [2.05, 4.69) is 20.8 Å². The lowest BCUT2D eigenvalue weighted by atomic mass is 10.0. The molecule has 0 aliphatic carbocycles. The topological polar surface area (TPSA) is 78.9 Å². The monoisotopic (exact) mass is 779 g/mol. The van der Waals surface area contributed by atoms with Crippen molar-refractivity contribution in [2.24, 2.45) is 0 Å². The summed E-state index contributed by atoms with van der Waals surface area (Å²) in [5.74, 6) is -0.846. The van der Waals surface area contributed by atoms with E-state index in [1.54, 1.807) is 0 Å². The lowest BCUT2D eigenvalue weighted by Crippen LogP contribution is -2.30. The van der Waals surface area contributed by atoms with Crippen LogP contribution in [-0.2, 0) is 28.6 Å². The van der Waals surface area contributed by atoms with E-state index in [4.69, 9.17) is 14.2 Å². The first kappa shape index (κ1) is 53.4. The van der Waals surface area contributed by atoms with Crippen LogP contribution in [0.5, 0.6) is 0 Å². The van der Waals surface area contributed by atoms with Crippen LogP contribution in [-0.4, -0.2) is 37.2 Å². The van der Waals surface area contributed by atoms with Crippen molar-refractivity contribution in [3.05, 3.63) is 0 Å². The van der Waals surface area contributed by atoms with Crippen LogP contribution in [0.15, 0.2) is 0 Å². The number of rotatable bonds is 45. The van der Waals surface area contributed by atoms with E-state index in [1.165, 1.54) is 180 Å². The minimum absolute atomic E-state index is 0.0622. The zero-order valence-electron chi connectivity index (χ0n) is 37.2. The molecule has 0 unspecified atom stereocenters. The van der Waals surface area contributed by atoms with Gasteiger partial charge in [0.25, 0.3) is 0 Å². The van der Waals surface area contributed by atoms with E-state index in [1.807, 2.05) is 0 Å². The van der Waals surface area contributed by atoms with Crippen LogP contribution in [0.1, 0.15) is 278 Å². The maximum absolute atomic E-state index is 12.7. The van der Waals surface area contributed by atoms with Gasteiger partial charge >= 0.3 is 17.9 Å². The quantitative estimate of drug-likeness (QED) is 0.0348. The van der Waals surface area contributed by atoms with Gasteiger partial charge in [0.15, 0.2) is 6.10 Å². The summed E-state index contributed by atoms with van der Waals surface area (Å²) >= 11 is 0. The van der Waals surface area contributed by atoms with Crippen LogP contribution in [0, 0.1) is 0 Å². The molecule has 0 amide bonds. The number of unbranched alkanes of at least 4 members (excludes halogenated alkanes) is 34.